The molecule has 2 aromatic heterocycles. The molecule has 7 heteroatoms. The molecule has 0 aliphatic heterocycles. The molecular formula is C24H23N3O3S. The number of hydrogen-bond acceptors (Lipinski definition) is 6. The standard InChI is InChI=1S/C24H23N3O3S/c1-3-4-14-30-19-12-10-18(15-20(19)29-2)16-21-23(28)27-24(31-21)25-22(26-27)13-11-17-8-6-5-7-9-17/h5-13,15-16H,3-4,14H2,1-2H3/b13-11+,21-16-. The van der Waals surface area contributed by atoms with Gasteiger partial charge in [0.05, 0.1) is 18.2 Å². The van der Waals surface area contributed by atoms with Crippen LogP contribution in [0, 0.1) is 0 Å². The average Bonchev–Trinajstić information content (AvgIpc) is 3.32. The number of rotatable bonds is 8. The van der Waals surface area contributed by atoms with Crippen molar-refractivity contribution in [3.63, 3.8) is 0 Å². The molecule has 0 atom stereocenters. The Morgan fingerprint density at radius 3 is 2.65 bits per heavy atom. The van der Waals surface area contributed by atoms with E-state index in [0.717, 1.165) is 24.0 Å². The smallest absolute Gasteiger partial charge is 0.291 e. The molecule has 4 aromatic rings. The maximum absolute atomic E-state index is 12.8. The summed E-state index contributed by atoms with van der Waals surface area (Å²) in [4.78, 5) is 17.8. The molecule has 2 aromatic carbocycles. The lowest BCUT2D eigenvalue weighted by Crippen LogP contribution is -2.23. The molecule has 0 aliphatic rings. The van der Waals surface area contributed by atoms with Crippen molar-refractivity contribution in [1.82, 2.24) is 14.6 Å². The molecule has 4 rings (SSSR count). The van der Waals surface area contributed by atoms with Gasteiger partial charge in [-0.05, 0) is 41.8 Å². The predicted octanol–water partition coefficient (Wildman–Crippen LogP) is 4.06. The predicted molar refractivity (Wildman–Crippen MR) is 125 cm³/mol. The zero-order valence-electron chi connectivity index (χ0n) is 17.4. The molecule has 0 N–H and O–H groups in total. The lowest BCUT2D eigenvalue weighted by atomic mass is 10.2. The molecule has 158 valence electrons. The van der Waals surface area contributed by atoms with Crippen LogP contribution >= 0.6 is 11.3 Å². The molecule has 0 unspecified atom stereocenters. The molecule has 0 saturated heterocycles. The minimum absolute atomic E-state index is 0.186. The van der Waals surface area contributed by atoms with E-state index in [1.807, 2.05) is 60.7 Å². The van der Waals surface area contributed by atoms with Crippen LogP contribution in [0.2, 0.25) is 0 Å². The number of nitrogens with zero attached hydrogens (tertiary/aromatic N) is 3. The molecule has 0 amide bonds. The number of fused-ring (bicyclic) bond motifs is 1. The Morgan fingerprint density at radius 1 is 1.06 bits per heavy atom. The fraction of sp³-hybridized carbons (Fsp3) is 0.208. The summed E-state index contributed by atoms with van der Waals surface area (Å²) < 4.78 is 13.1. The van der Waals surface area contributed by atoms with Crippen LogP contribution in [0.25, 0.3) is 23.2 Å². The van der Waals surface area contributed by atoms with E-state index in [1.165, 1.54) is 15.9 Å². The molecule has 0 bridgehead atoms. The number of hydrogen-bond donors (Lipinski definition) is 0. The summed E-state index contributed by atoms with van der Waals surface area (Å²) >= 11 is 1.31. The summed E-state index contributed by atoms with van der Waals surface area (Å²) in [5.74, 6) is 1.85. The van der Waals surface area contributed by atoms with Gasteiger partial charge in [0.15, 0.2) is 17.3 Å². The zero-order valence-corrected chi connectivity index (χ0v) is 18.3. The van der Waals surface area contributed by atoms with Crippen molar-refractivity contribution in [2.24, 2.45) is 0 Å². The van der Waals surface area contributed by atoms with Crippen LogP contribution in [0.5, 0.6) is 11.5 Å². The molecule has 2 heterocycles. The van der Waals surface area contributed by atoms with E-state index < -0.39 is 0 Å². The monoisotopic (exact) mass is 433 g/mol. The highest BCUT2D eigenvalue weighted by Crippen LogP contribution is 2.28. The summed E-state index contributed by atoms with van der Waals surface area (Å²) in [6.07, 6.45) is 7.61. The molecule has 0 fully saturated rings. The van der Waals surface area contributed by atoms with Crippen molar-refractivity contribution >= 4 is 34.5 Å². The number of unbranched alkanes of at least 4 members (excludes halogenated alkanes) is 1. The largest absolute Gasteiger partial charge is 0.493 e. The zero-order chi connectivity index (χ0) is 21.6. The van der Waals surface area contributed by atoms with Crippen molar-refractivity contribution in [3.05, 3.63) is 80.4 Å². The highest BCUT2D eigenvalue weighted by Gasteiger charge is 2.10. The van der Waals surface area contributed by atoms with E-state index in [9.17, 15) is 4.79 Å². The Balaban J connectivity index is 1.59. The fourth-order valence-electron chi connectivity index (χ4n) is 3.03. The van der Waals surface area contributed by atoms with Gasteiger partial charge in [-0.25, -0.2) is 0 Å². The summed E-state index contributed by atoms with van der Waals surface area (Å²) in [5, 5.41) is 4.33. The number of aromatic nitrogens is 3. The van der Waals surface area contributed by atoms with Gasteiger partial charge in [0, 0.05) is 0 Å². The van der Waals surface area contributed by atoms with E-state index >= 15 is 0 Å². The number of ether oxygens (including phenoxy) is 2. The van der Waals surface area contributed by atoms with E-state index in [0.29, 0.717) is 33.4 Å². The van der Waals surface area contributed by atoms with Gasteiger partial charge in [0.25, 0.3) is 5.56 Å². The minimum atomic E-state index is -0.186. The van der Waals surface area contributed by atoms with Crippen LogP contribution in [0.3, 0.4) is 0 Å². The highest BCUT2D eigenvalue weighted by molar-refractivity contribution is 7.15. The van der Waals surface area contributed by atoms with E-state index in [2.05, 4.69) is 17.0 Å². The van der Waals surface area contributed by atoms with Gasteiger partial charge in [0.1, 0.15) is 0 Å². The second-order valence-electron chi connectivity index (χ2n) is 6.94. The first-order valence-electron chi connectivity index (χ1n) is 10.1. The SMILES string of the molecule is CCCCOc1ccc(/C=c2\sc3nc(/C=C/c4ccccc4)nn3c2=O)cc1OC. The third kappa shape index (κ3) is 4.83. The van der Waals surface area contributed by atoms with Crippen LogP contribution in [0.1, 0.15) is 36.7 Å². The maximum atomic E-state index is 12.8. The van der Waals surface area contributed by atoms with E-state index in [1.54, 1.807) is 13.2 Å². The quantitative estimate of drug-likeness (QED) is 0.392. The van der Waals surface area contributed by atoms with E-state index in [4.69, 9.17) is 9.47 Å². The van der Waals surface area contributed by atoms with Gasteiger partial charge in [0.2, 0.25) is 4.96 Å². The Kier molecular flexibility index (Phi) is 6.43. The van der Waals surface area contributed by atoms with Gasteiger partial charge in [-0.1, -0.05) is 67.2 Å². The Hall–Kier alpha value is -3.45. The maximum Gasteiger partial charge on any atom is 0.291 e. The summed E-state index contributed by atoms with van der Waals surface area (Å²) in [6, 6.07) is 15.5. The molecule has 31 heavy (non-hydrogen) atoms. The molecule has 6 nitrogen and oxygen atoms in total. The Labute approximate surface area is 184 Å². The van der Waals surface area contributed by atoms with Crippen LogP contribution in [0.15, 0.2) is 53.3 Å². The van der Waals surface area contributed by atoms with Crippen molar-refractivity contribution < 1.29 is 9.47 Å². The van der Waals surface area contributed by atoms with Crippen LogP contribution < -0.4 is 19.6 Å². The number of benzene rings is 2. The third-order valence-corrected chi connectivity index (χ3v) is 5.62. The van der Waals surface area contributed by atoms with Gasteiger partial charge in [-0.15, -0.1) is 5.10 Å². The van der Waals surface area contributed by atoms with Crippen molar-refractivity contribution in [2.45, 2.75) is 19.8 Å². The lowest BCUT2D eigenvalue weighted by Gasteiger charge is -2.10. The van der Waals surface area contributed by atoms with Crippen LogP contribution in [-0.2, 0) is 0 Å². The third-order valence-electron chi connectivity index (χ3n) is 4.66. The Bertz CT molecular complexity index is 1310. The van der Waals surface area contributed by atoms with Crippen LogP contribution in [-0.4, -0.2) is 28.3 Å². The molecule has 0 saturated carbocycles. The second kappa shape index (κ2) is 9.57. The minimum Gasteiger partial charge on any atom is -0.493 e. The fourth-order valence-corrected chi connectivity index (χ4v) is 3.94. The number of thiazole rings is 1. The molecule has 0 spiro atoms. The Morgan fingerprint density at radius 2 is 1.90 bits per heavy atom. The number of methoxy groups -OCH3 is 1. The first kappa shape index (κ1) is 20.8. The van der Waals surface area contributed by atoms with Crippen LogP contribution in [0.4, 0.5) is 0 Å². The summed E-state index contributed by atoms with van der Waals surface area (Å²) in [7, 11) is 1.61. The topological polar surface area (TPSA) is 65.7 Å². The molecule has 0 aliphatic carbocycles. The average molecular weight is 434 g/mol. The first-order chi connectivity index (χ1) is 15.2. The summed E-state index contributed by atoms with van der Waals surface area (Å²) in [5.41, 5.74) is 1.72. The second-order valence-corrected chi connectivity index (χ2v) is 7.95. The molecule has 0 radical (unpaired) electrons. The van der Waals surface area contributed by atoms with Crippen molar-refractivity contribution in [1.29, 1.82) is 0 Å². The van der Waals surface area contributed by atoms with E-state index in [-0.39, 0.29) is 5.56 Å². The molecular weight excluding hydrogens is 410 g/mol. The van der Waals surface area contributed by atoms with Crippen molar-refractivity contribution in [2.75, 3.05) is 13.7 Å². The van der Waals surface area contributed by atoms with Gasteiger partial charge in [-0.2, -0.15) is 9.50 Å². The van der Waals surface area contributed by atoms with Crippen molar-refractivity contribution in [3.8, 4) is 11.5 Å². The highest BCUT2D eigenvalue weighted by atomic mass is 32.1. The summed E-state index contributed by atoms with van der Waals surface area (Å²) in [6.45, 7) is 2.77. The normalized spacial score (nSPS) is 12.1. The van der Waals surface area contributed by atoms with Gasteiger partial charge >= 0.3 is 0 Å². The van der Waals surface area contributed by atoms with Gasteiger partial charge < -0.3 is 9.47 Å². The van der Waals surface area contributed by atoms with Gasteiger partial charge in [-0.3, -0.25) is 4.79 Å². The lowest BCUT2D eigenvalue weighted by molar-refractivity contribution is 0.288. The first-order valence-corrected chi connectivity index (χ1v) is 10.9.